The fraction of sp³-hybridized carbons (Fsp3) is 0.923. The Labute approximate surface area is 111 Å². The van der Waals surface area contributed by atoms with Gasteiger partial charge in [-0.05, 0) is 39.4 Å². The van der Waals surface area contributed by atoms with Crippen LogP contribution in [0.4, 0.5) is 0 Å². The molecule has 0 aromatic rings. The van der Waals surface area contributed by atoms with Crippen molar-refractivity contribution in [3.63, 3.8) is 0 Å². The lowest BCUT2D eigenvalue weighted by Crippen LogP contribution is -2.50. The van der Waals surface area contributed by atoms with Gasteiger partial charge in [-0.25, -0.2) is 5.84 Å². The largest absolute Gasteiger partial charge is 0.299 e. The van der Waals surface area contributed by atoms with Gasteiger partial charge in [0.1, 0.15) is 0 Å². The van der Waals surface area contributed by atoms with Crippen LogP contribution in [0.3, 0.4) is 0 Å². The van der Waals surface area contributed by atoms with Gasteiger partial charge < -0.3 is 0 Å². The first-order valence-corrected chi connectivity index (χ1v) is 7.08. The zero-order valence-electron chi connectivity index (χ0n) is 12.0. The Morgan fingerprint density at radius 1 is 1.56 bits per heavy atom. The Bertz CT molecular complexity index is 259. The van der Waals surface area contributed by atoms with Gasteiger partial charge >= 0.3 is 0 Å². The number of carbonyl (C=O) groups excluding carboxylic acids is 1. The van der Waals surface area contributed by atoms with E-state index in [9.17, 15) is 4.79 Å². The molecule has 1 fully saturated rings. The molecule has 106 valence electrons. The number of carbonyl (C=O) groups is 1. The lowest BCUT2D eigenvalue weighted by Gasteiger charge is -2.32. The molecule has 1 aliphatic heterocycles. The summed E-state index contributed by atoms with van der Waals surface area (Å²) in [6, 6.07) is 0.490. The van der Waals surface area contributed by atoms with Crippen LogP contribution in [-0.2, 0) is 4.79 Å². The summed E-state index contributed by atoms with van der Waals surface area (Å²) in [6.45, 7) is 7.54. The van der Waals surface area contributed by atoms with Gasteiger partial charge in [-0.2, -0.15) is 0 Å². The van der Waals surface area contributed by atoms with Crippen LogP contribution < -0.4 is 11.3 Å². The minimum absolute atomic E-state index is 0.0691. The van der Waals surface area contributed by atoms with E-state index in [4.69, 9.17) is 5.84 Å². The van der Waals surface area contributed by atoms with Gasteiger partial charge in [0.2, 0.25) is 0 Å². The fourth-order valence-corrected chi connectivity index (χ4v) is 2.90. The summed E-state index contributed by atoms with van der Waals surface area (Å²) in [5, 5.41) is 0. The molecule has 1 rings (SSSR count). The minimum atomic E-state index is -0.0979. The van der Waals surface area contributed by atoms with E-state index in [0.29, 0.717) is 6.04 Å². The minimum Gasteiger partial charge on any atom is -0.299 e. The highest BCUT2D eigenvalue weighted by atomic mass is 16.2. The van der Waals surface area contributed by atoms with Gasteiger partial charge in [0.05, 0.1) is 6.04 Å². The molecule has 1 aliphatic rings. The number of rotatable bonds is 7. The number of hydrazine groups is 1. The van der Waals surface area contributed by atoms with Crippen LogP contribution in [0.2, 0.25) is 0 Å². The average molecular weight is 256 g/mol. The van der Waals surface area contributed by atoms with Gasteiger partial charge in [0, 0.05) is 12.6 Å². The van der Waals surface area contributed by atoms with Crippen molar-refractivity contribution in [3.05, 3.63) is 0 Å². The van der Waals surface area contributed by atoms with Crippen molar-refractivity contribution in [3.8, 4) is 0 Å². The molecule has 1 saturated heterocycles. The monoisotopic (exact) mass is 256 g/mol. The molecule has 0 spiro atoms. The molecule has 5 nitrogen and oxygen atoms in total. The summed E-state index contributed by atoms with van der Waals surface area (Å²) >= 11 is 0. The van der Waals surface area contributed by atoms with Crippen molar-refractivity contribution >= 4 is 5.91 Å². The molecular formula is C13H28N4O. The molecule has 1 heterocycles. The summed E-state index contributed by atoms with van der Waals surface area (Å²) in [7, 11) is 2.03. The smallest absolute Gasteiger partial charge is 0.251 e. The van der Waals surface area contributed by atoms with E-state index < -0.39 is 0 Å². The van der Waals surface area contributed by atoms with E-state index in [0.717, 1.165) is 25.9 Å². The third-order valence-electron chi connectivity index (χ3n) is 3.94. The van der Waals surface area contributed by atoms with Gasteiger partial charge in [0.25, 0.3) is 5.91 Å². The second-order valence-electron chi connectivity index (χ2n) is 5.18. The molecule has 0 aliphatic carbocycles. The molecule has 1 amide bonds. The maximum absolute atomic E-state index is 11.8. The molecular weight excluding hydrogens is 228 g/mol. The van der Waals surface area contributed by atoms with Gasteiger partial charge in [-0.3, -0.25) is 20.0 Å². The van der Waals surface area contributed by atoms with Crippen molar-refractivity contribution in [2.45, 2.75) is 51.6 Å². The van der Waals surface area contributed by atoms with Crippen LogP contribution in [0.25, 0.3) is 0 Å². The van der Waals surface area contributed by atoms with E-state index >= 15 is 0 Å². The molecule has 3 N–H and O–H groups in total. The van der Waals surface area contributed by atoms with E-state index in [1.165, 1.54) is 19.4 Å². The molecule has 2 atom stereocenters. The number of likely N-dealkylation sites (N-methyl/N-ethyl adjacent to an activating group) is 2. The molecule has 0 aromatic carbocycles. The van der Waals surface area contributed by atoms with Gasteiger partial charge in [-0.1, -0.05) is 20.3 Å². The lowest BCUT2D eigenvalue weighted by atomic mass is 10.1. The molecule has 0 bridgehead atoms. The van der Waals surface area contributed by atoms with Crippen LogP contribution in [0.15, 0.2) is 0 Å². The molecule has 2 unspecified atom stereocenters. The summed E-state index contributed by atoms with van der Waals surface area (Å²) in [4.78, 5) is 16.4. The zero-order valence-corrected chi connectivity index (χ0v) is 12.0. The van der Waals surface area contributed by atoms with Crippen molar-refractivity contribution in [1.82, 2.24) is 15.2 Å². The highest BCUT2D eigenvalue weighted by Crippen LogP contribution is 2.18. The SMILES string of the molecule is CCCC(C(=O)NN)N(C)CC1CCCN1CC. The maximum Gasteiger partial charge on any atom is 0.251 e. The second kappa shape index (κ2) is 7.71. The number of nitrogens with two attached hydrogens (primary N) is 1. The summed E-state index contributed by atoms with van der Waals surface area (Å²) in [5.41, 5.74) is 2.29. The number of hydrogen-bond donors (Lipinski definition) is 2. The summed E-state index contributed by atoms with van der Waals surface area (Å²) in [5.74, 6) is 5.20. The van der Waals surface area contributed by atoms with E-state index in [1.807, 2.05) is 7.05 Å². The number of amides is 1. The normalized spacial score (nSPS) is 22.4. The van der Waals surface area contributed by atoms with Crippen molar-refractivity contribution in [2.24, 2.45) is 5.84 Å². The van der Waals surface area contributed by atoms with Crippen LogP contribution >= 0.6 is 0 Å². The quantitative estimate of drug-likeness (QED) is 0.397. The van der Waals surface area contributed by atoms with E-state index in [-0.39, 0.29) is 11.9 Å². The Balaban J connectivity index is 2.54. The average Bonchev–Trinajstić information content (AvgIpc) is 2.82. The van der Waals surface area contributed by atoms with Crippen molar-refractivity contribution in [2.75, 3.05) is 26.7 Å². The summed E-state index contributed by atoms with van der Waals surface area (Å²) < 4.78 is 0. The van der Waals surface area contributed by atoms with Crippen LogP contribution in [0.1, 0.15) is 39.5 Å². The Hall–Kier alpha value is -0.650. The van der Waals surface area contributed by atoms with Gasteiger partial charge in [0.15, 0.2) is 0 Å². The molecule has 18 heavy (non-hydrogen) atoms. The molecule has 0 saturated carbocycles. The van der Waals surface area contributed by atoms with Crippen LogP contribution in [0, 0.1) is 0 Å². The molecule has 0 aromatic heterocycles. The molecule has 5 heteroatoms. The Kier molecular flexibility index (Phi) is 6.60. The van der Waals surface area contributed by atoms with Crippen LogP contribution in [-0.4, -0.2) is 54.5 Å². The van der Waals surface area contributed by atoms with Crippen molar-refractivity contribution < 1.29 is 4.79 Å². The second-order valence-corrected chi connectivity index (χ2v) is 5.18. The topological polar surface area (TPSA) is 61.6 Å². The first-order chi connectivity index (χ1) is 8.63. The Morgan fingerprint density at radius 2 is 2.28 bits per heavy atom. The number of likely N-dealkylation sites (tertiary alicyclic amines) is 1. The zero-order chi connectivity index (χ0) is 13.5. The Morgan fingerprint density at radius 3 is 2.83 bits per heavy atom. The fourth-order valence-electron chi connectivity index (χ4n) is 2.90. The predicted octanol–water partition coefficient (Wildman–Crippen LogP) is 0.561. The third-order valence-corrected chi connectivity index (χ3v) is 3.94. The first-order valence-electron chi connectivity index (χ1n) is 7.08. The third kappa shape index (κ3) is 3.93. The molecule has 0 radical (unpaired) electrons. The summed E-state index contributed by atoms with van der Waals surface area (Å²) in [6.07, 6.45) is 4.36. The van der Waals surface area contributed by atoms with Gasteiger partial charge in [-0.15, -0.1) is 0 Å². The highest BCUT2D eigenvalue weighted by molar-refractivity contribution is 5.81. The first kappa shape index (κ1) is 15.4. The number of nitrogens with zero attached hydrogens (tertiary/aromatic N) is 2. The standard InChI is InChI=1S/C13H28N4O/c1-4-7-12(13(18)15-14)16(3)10-11-8-6-9-17(11)5-2/h11-12H,4-10,14H2,1-3H3,(H,15,18). The number of nitrogens with one attached hydrogen (secondary N) is 1. The van der Waals surface area contributed by atoms with E-state index in [1.54, 1.807) is 0 Å². The van der Waals surface area contributed by atoms with E-state index in [2.05, 4.69) is 29.1 Å². The lowest BCUT2D eigenvalue weighted by molar-refractivity contribution is -0.126. The predicted molar refractivity (Wildman–Crippen MR) is 73.9 cm³/mol. The number of hydrogen-bond acceptors (Lipinski definition) is 4. The van der Waals surface area contributed by atoms with Crippen LogP contribution in [0.5, 0.6) is 0 Å². The maximum atomic E-state index is 11.8. The highest BCUT2D eigenvalue weighted by Gasteiger charge is 2.28. The van der Waals surface area contributed by atoms with Crippen molar-refractivity contribution in [1.29, 1.82) is 0 Å².